The van der Waals surface area contributed by atoms with Crippen molar-refractivity contribution < 1.29 is 9.18 Å². The standard InChI is InChI=1S/C17H16FN5O3S/c1-9-19-14-13(16(25)23(3)17(26)22(14)2)15(20-9)27-8-12(24)21-11-6-4-5-10(18)7-11/h4-7H,8H2,1-3H3,(H,21,24). The number of amides is 1. The van der Waals surface area contributed by atoms with Crippen molar-refractivity contribution in [3.05, 3.63) is 56.7 Å². The zero-order valence-electron chi connectivity index (χ0n) is 14.8. The molecule has 3 rings (SSSR count). The molecule has 10 heteroatoms. The number of nitrogens with zero attached hydrogens (tertiary/aromatic N) is 4. The third-order valence-corrected chi connectivity index (χ3v) is 4.80. The Morgan fingerprint density at radius 3 is 2.67 bits per heavy atom. The number of fused-ring (bicyclic) bond motifs is 1. The van der Waals surface area contributed by atoms with E-state index >= 15 is 0 Å². The van der Waals surface area contributed by atoms with Crippen LogP contribution in [0.25, 0.3) is 11.0 Å². The highest BCUT2D eigenvalue weighted by Gasteiger charge is 2.17. The van der Waals surface area contributed by atoms with E-state index in [1.807, 2.05) is 0 Å². The van der Waals surface area contributed by atoms with E-state index in [1.54, 1.807) is 13.0 Å². The zero-order chi connectivity index (χ0) is 19.7. The average Bonchev–Trinajstić information content (AvgIpc) is 2.62. The van der Waals surface area contributed by atoms with Crippen LogP contribution in [-0.4, -0.2) is 30.8 Å². The Kier molecular flexibility index (Phi) is 5.08. The summed E-state index contributed by atoms with van der Waals surface area (Å²) in [4.78, 5) is 45.2. The van der Waals surface area contributed by atoms with Crippen molar-refractivity contribution in [3.8, 4) is 0 Å². The SMILES string of the molecule is Cc1nc(SCC(=O)Nc2cccc(F)c2)c2c(=O)n(C)c(=O)n(C)c2n1. The molecule has 3 aromatic rings. The number of nitrogens with one attached hydrogen (secondary N) is 1. The van der Waals surface area contributed by atoms with E-state index in [-0.39, 0.29) is 22.7 Å². The van der Waals surface area contributed by atoms with Crippen LogP contribution in [0.15, 0.2) is 38.9 Å². The molecular formula is C17H16FN5O3S. The third kappa shape index (κ3) is 3.75. The Labute approximate surface area is 157 Å². The number of carbonyl (C=O) groups excluding carboxylic acids is 1. The molecule has 1 N–H and O–H groups in total. The summed E-state index contributed by atoms with van der Waals surface area (Å²) in [7, 11) is 2.89. The zero-order valence-corrected chi connectivity index (χ0v) is 15.6. The number of aryl methyl sites for hydroxylation is 2. The van der Waals surface area contributed by atoms with E-state index < -0.39 is 17.1 Å². The molecule has 2 heterocycles. The van der Waals surface area contributed by atoms with Gasteiger partial charge in [-0.1, -0.05) is 17.8 Å². The molecule has 0 aliphatic carbocycles. The molecule has 0 bridgehead atoms. The first kappa shape index (κ1) is 18.8. The monoisotopic (exact) mass is 389 g/mol. The third-order valence-electron chi connectivity index (χ3n) is 3.83. The predicted molar refractivity (Wildman–Crippen MR) is 101 cm³/mol. The summed E-state index contributed by atoms with van der Waals surface area (Å²) < 4.78 is 15.4. The summed E-state index contributed by atoms with van der Waals surface area (Å²) in [5.74, 6) is -0.508. The highest BCUT2D eigenvalue weighted by molar-refractivity contribution is 8.00. The fourth-order valence-corrected chi connectivity index (χ4v) is 3.39. The van der Waals surface area contributed by atoms with Gasteiger partial charge in [0.2, 0.25) is 5.91 Å². The largest absolute Gasteiger partial charge is 0.332 e. The maximum absolute atomic E-state index is 13.2. The van der Waals surface area contributed by atoms with Gasteiger partial charge in [0, 0.05) is 19.8 Å². The molecule has 1 aromatic carbocycles. The van der Waals surface area contributed by atoms with Crippen molar-refractivity contribution in [3.63, 3.8) is 0 Å². The molecule has 0 spiro atoms. The van der Waals surface area contributed by atoms with Gasteiger partial charge in [-0.15, -0.1) is 0 Å². The molecule has 0 aliphatic rings. The molecule has 0 radical (unpaired) electrons. The van der Waals surface area contributed by atoms with E-state index in [9.17, 15) is 18.8 Å². The van der Waals surface area contributed by atoms with Gasteiger partial charge in [-0.2, -0.15) is 0 Å². The summed E-state index contributed by atoms with van der Waals surface area (Å²) >= 11 is 1.05. The maximum atomic E-state index is 13.2. The van der Waals surface area contributed by atoms with Gasteiger partial charge in [-0.3, -0.25) is 18.7 Å². The normalized spacial score (nSPS) is 11.0. The van der Waals surface area contributed by atoms with Crippen molar-refractivity contribution in [2.24, 2.45) is 14.1 Å². The Hall–Kier alpha value is -3.01. The van der Waals surface area contributed by atoms with Gasteiger partial charge in [0.25, 0.3) is 5.56 Å². The molecule has 140 valence electrons. The summed E-state index contributed by atoms with van der Waals surface area (Å²) in [6, 6.07) is 5.55. The van der Waals surface area contributed by atoms with Gasteiger partial charge in [-0.05, 0) is 25.1 Å². The molecule has 1 amide bonds. The first-order chi connectivity index (χ1) is 12.8. The van der Waals surface area contributed by atoms with Gasteiger partial charge in [0.05, 0.1) is 5.75 Å². The highest BCUT2D eigenvalue weighted by Crippen LogP contribution is 2.22. The lowest BCUT2D eigenvalue weighted by Gasteiger charge is -2.10. The molecule has 8 nitrogen and oxygen atoms in total. The molecule has 0 atom stereocenters. The molecule has 0 aliphatic heterocycles. The van der Waals surface area contributed by atoms with Gasteiger partial charge >= 0.3 is 5.69 Å². The van der Waals surface area contributed by atoms with Crippen molar-refractivity contribution in [2.45, 2.75) is 11.9 Å². The van der Waals surface area contributed by atoms with Crippen molar-refractivity contribution >= 4 is 34.4 Å². The number of carbonyl (C=O) groups is 1. The molecule has 27 heavy (non-hydrogen) atoms. The smallest absolute Gasteiger partial charge is 0.325 e. The van der Waals surface area contributed by atoms with Crippen LogP contribution >= 0.6 is 11.8 Å². The van der Waals surface area contributed by atoms with Gasteiger partial charge in [-0.25, -0.2) is 19.2 Å². The Morgan fingerprint density at radius 2 is 1.96 bits per heavy atom. The first-order valence-electron chi connectivity index (χ1n) is 7.90. The quantitative estimate of drug-likeness (QED) is 0.532. The molecule has 0 saturated heterocycles. The number of rotatable bonds is 4. The molecule has 0 fully saturated rings. The number of halogens is 1. The van der Waals surface area contributed by atoms with E-state index in [4.69, 9.17) is 0 Å². The van der Waals surface area contributed by atoms with Crippen molar-refractivity contribution in [1.29, 1.82) is 0 Å². The molecular weight excluding hydrogens is 373 g/mol. The minimum Gasteiger partial charge on any atom is -0.325 e. The van der Waals surface area contributed by atoms with Crippen LogP contribution in [0.1, 0.15) is 5.82 Å². The van der Waals surface area contributed by atoms with Crippen molar-refractivity contribution in [2.75, 3.05) is 11.1 Å². The summed E-state index contributed by atoms with van der Waals surface area (Å²) in [5.41, 5.74) is -0.474. The van der Waals surface area contributed by atoms with Gasteiger partial charge in [0.1, 0.15) is 22.1 Å². The Bertz CT molecular complexity index is 1170. The summed E-state index contributed by atoms with van der Waals surface area (Å²) in [6.07, 6.45) is 0. The van der Waals surface area contributed by atoms with Crippen LogP contribution in [0.3, 0.4) is 0 Å². The highest BCUT2D eigenvalue weighted by atomic mass is 32.2. The number of anilines is 1. The van der Waals surface area contributed by atoms with Crippen LogP contribution in [0.5, 0.6) is 0 Å². The Morgan fingerprint density at radius 1 is 1.22 bits per heavy atom. The van der Waals surface area contributed by atoms with Crippen LogP contribution in [-0.2, 0) is 18.9 Å². The van der Waals surface area contributed by atoms with Gasteiger partial charge in [0.15, 0.2) is 5.65 Å². The second-order valence-electron chi connectivity index (χ2n) is 5.83. The van der Waals surface area contributed by atoms with E-state index in [0.29, 0.717) is 16.5 Å². The summed E-state index contributed by atoms with van der Waals surface area (Å²) in [5, 5.41) is 3.06. The fraction of sp³-hybridized carbons (Fsp3) is 0.235. The first-order valence-corrected chi connectivity index (χ1v) is 8.89. The lowest BCUT2D eigenvalue weighted by Crippen LogP contribution is -2.37. The fourth-order valence-electron chi connectivity index (χ4n) is 2.53. The number of hydrogen-bond acceptors (Lipinski definition) is 6. The Balaban J connectivity index is 1.92. The van der Waals surface area contributed by atoms with Crippen LogP contribution in [0.2, 0.25) is 0 Å². The van der Waals surface area contributed by atoms with E-state index in [1.165, 1.54) is 36.9 Å². The second-order valence-corrected chi connectivity index (χ2v) is 6.79. The van der Waals surface area contributed by atoms with E-state index in [0.717, 1.165) is 16.3 Å². The van der Waals surface area contributed by atoms with Crippen LogP contribution in [0.4, 0.5) is 10.1 Å². The van der Waals surface area contributed by atoms with Crippen molar-refractivity contribution in [1.82, 2.24) is 19.1 Å². The predicted octanol–water partition coefficient (Wildman–Crippen LogP) is 1.21. The van der Waals surface area contributed by atoms with Gasteiger partial charge < -0.3 is 5.32 Å². The van der Waals surface area contributed by atoms with E-state index in [2.05, 4.69) is 15.3 Å². The maximum Gasteiger partial charge on any atom is 0.332 e. The molecule has 2 aromatic heterocycles. The topological polar surface area (TPSA) is 98.9 Å². The number of benzene rings is 1. The van der Waals surface area contributed by atoms with Crippen LogP contribution in [0, 0.1) is 12.7 Å². The van der Waals surface area contributed by atoms with Crippen LogP contribution < -0.4 is 16.6 Å². The second kappa shape index (κ2) is 7.31. The summed E-state index contributed by atoms with van der Waals surface area (Å²) in [6.45, 7) is 1.64. The minimum absolute atomic E-state index is 0.0476. The minimum atomic E-state index is -0.527. The number of thioether (sulfide) groups is 1. The lowest BCUT2D eigenvalue weighted by molar-refractivity contribution is -0.113. The average molecular weight is 389 g/mol. The lowest BCUT2D eigenvalue weighted by atomic mass is 10.3. The molecule has 0 unspecified atom stereocenters. The molecule has 0 saturated carbocycles. The number of hydrogen-bond donors (Lipinski definition) is 1. The number of aromatic nitrogens is 4.